The summed E-state index contributed by atoms with van der Waals surface area (Å²) in [6, 6.07) is 5.73. The minimum atomic E-state index is 0.377. The van der Waals surface area contributed by atoms with Crippen molar-refractivity contribution in [3.63, 3.8) is 0 Å². The Morgan fingerprint density at radius 1 is 1.10 bits per heavy atom. The summed E-state index contributed by atoms with van der Waals surface area (Å²) in [4.78, 5) is 0. The highest BCUT2D eigenvalue weighted by molar-refractivity contribution is 5.39. The van der Waals surface area contributed by atoms with Crippen molar-refractivity contribution in [2.75, 3.05) is 6.61 Å². The van der Waals surface area contributed by atoms with Gasteiger partial charge in [0.05, 0.1) is 6.61 Å². The zero-order valence-electron chi connectivity index (χ0n) is 13.3. The molecule has 0 amide bonds. The van der Waals surface area contributed by atoms with Gasteiger partial charge in [0, 0.05) is 6.07 Å². The standard InChI is InChI=1S/C18H30O2/c1-4-5-6-7-8-9-16-10-11-17(14-18(16)19)20-13-12-15(2)3/h10-11,14-15,19H,4-9,12-13H2,1-3H3. The average Bonchev–Trinajstić information content (AvgIpc) is 2.40. The molecule has 20 heavy (non-hydrogen) atoms. The Labute approximate surface area is 124 Å². The molecule has 2 nitrogen and oxygen atoms in total. The third-order valence-electron chi connectivity index (χ3n) is 3.57. The van der Waals surface area contributed by atoms with E-state index in [4.69, 9.17) is 4.74 Å². The van der Waals surface area contributed by atoms with Gasteiger partial charge in [-0.2, -0.15) is 0 Å². The molecule has 0 atom stereocenters. The Hall–Kier alpha value is -1.18. The molecule has 0 aliphatic rings. The summed E-state index contributed by atoms with van der Waals surface area (Å²) in [6.07, 6.45) is 8.29. The lowest BCUT2D eigenvalue weighted by Gasteiger charge is -2.10. The van der Waals surface area contributed by atoms with Crippen LogP contribution in [0.2, 0.25) is 0 Å². The van der Waals surface area contributed by atoms with Crippen LogP contribution in [-0.4, -0.2) is 11.7 Å². The van der Waals surface area contributed by atoms with Gasteiger partial charge in [-0.3, -0.25) is 0 Å². The summed E-state index contributed by atoms with van der Waals surface area (Å²) in [6.45, 7) is 7.31. The van der Waals surface area contributed by atoms with E-state index in [1.165, 1.54) is 25.7 Å². The van der Waals surface area contributed by atoms with Gasteiger partial charge in [0.15, 0.2) is 0 Å². The number of rotatable bonds is 10. The number of aryl methyl sites for hydroxylation is 1. The fourth-order valence-electron chi connectivity index (χ4n) is 2.18. The summed E-state index contributed by atoms with van der Waals surface area (Å²) in [5.41, 5.74) is 1.04. The topological polar surface area (TPSA) is 29.5 Å². The molecule has 0 aliphatic carbocycles. The molecular weight excluding hydrogens is 248 g/mol. The summed E-state index contributed by atoms with van der Waals surface area (Å²) >= 11 is 0. The Bertz CT molecular complexity index is 372. The predicted molar refractivity (Wildman–Crippen MR) is 85.5 cm³/mol. The highest BCUT2D eigenvalue weighted by Gasteiger charge is 2.04. The number of phenolic OH excluding ortho intramolecular Hbond substituents is 1. The number of hydrogen-bond acceptors (Lipinski definition) is 2. The van der Waals surface area contributed by atoms with Crippen LogP contribution in [0.5, 0.6) is 11.5 Å². The van der Waals surface area contributed by atoms with Crippen LogP contribution >= 0.6 is 0 Å². The molecule has 2 heteroatoms. The molecule has 0 aliphatic heterocycles. The molecular formula is C18H30O2. The van der Waals surface area contributed by atoms with Crippen LogP contribution in [0.3, 0.4) is 0 Å². The van der Waals surface area contributed by atoms with Crippen molar-refractivity contribution < 1.29 is 9.84 Å². The number of ether oxygens (including phenoxy) is 1. The second-order valence-electron chi connectivity index (χ2n) is 5.99. The van der Waals surface area contributed by atoms with Crippen molar-refractivity contribution >= 4 is 0 Å². The number of aromatic hydroxyl groups is 1. The Balaban J connectivity index is 2.35. The number of hydrogen-bond donors (Lipinski definition) is 1. The zero-order valence-corrected chi connectivity index (χ0v) is 13.3. The smallest absolute Gasteiger partial charge is 0.122 e. The predicted octanol–water partition coefficient (Wildman–Crippen LogP) is 5.33. The number of unbranched alkanes of at least 4 members (excludes halogenated alkanes) is 4. The lowest BCUT2D eigenvalue weighted by molar-refractivity contribution is 0.288. The van der Waals surface area contributed by atoms with Gasteiger partial charge in [0.2, 0.25) is 0 Å². The van der Waals surface area contributed by atoms with Gasteiger partial charge in [-0.1, -0.05) is 52.5 Å². The van der Waals surface area contributed by atoms with Crippen LogP contribution in [0, 0.1) is 5.92 Å². The van der Waals surface area contributed by atoms with Gasteiger partial charge >= 0.3 is 0 Å². The molecule has 1 aromatic rings. The van der Waals surface area contributed by atoms with E-state index < -0.39 is 0 Å². The molecule has 0 spiro atoms. The molecule has 0 unspecified atom stereocenters. The van der Waals surface area contributed by atoms with E-state index in [9.17, 15) is 5.11 Å². The van der Waals surface area contributed by atoms with E-state index in [2.05, 4.69) is 20.8 Å². The Morgan fingerprint density at radius 3 is 2.50 bits per heavy atom. The van der Waals surface area contributed by atoms with Crippen molar-refractivity contribution in [2.45, 2.75) is 65.7 Å². The van der Waals surface area contributed by atoms with E-state index in [-0.39, 0.29) is 0 Å². The van der Waals surface area contributed by atoms with Crippen molar-refractivity contribution in [3.8, 4) is 11.5 Å². The van der Waals surface area contributed by atoms with E-state index in [1.54, 1.807) is 6.07 Å². The molecule has 114 valence electrons. The van der Waals surface area contributed by atoms with Gasteiger partial charge in [0.25, 0.3) is 0 Å². The van der Waals surface area contributed by atoms with Crippen LogP contribution in [0.4, 0.5) is 0 Å². The first kappa shape index (κ1) is 16.9. The van der Waals surface area contributed by atoms with Gasteiger partial charge in [0.1, 0.15) is 11.5 Å². The highest BCUT2D eigenvalue weighted by atomic mass is 16.5. The number of phenols is 1. The van der Waals surface area contributed by atoms with Crippen molar-refractivity contribution in [1.29, 1.82) is 0 Å². The van der Waals surface area contributed by atoms with E-state index in [1.807, 2.05) is 12.1 Å². The summed E-state index contributed by atoms with van der Waals surface area (Å²) in [5, 5.41) is 10.0. The summed E-state index contributed by atoms with van der Waals surface area (Å²) < 4.78 is 5.65. The normalized spacial score (nSPS) is 11.0. The second-order valence-corrected chi connectivity index (χ2v) is 5.99. The maximum atomic E-state index is 10.0. The third-order valence-corrected chi connectivity index (χ3v) is 3.57. The van der Waals surface area contributed by atoms with Crippen molar-refractivity contribution in [3.05, 3.63) is 23.8 Å². The number of benzene rings is 1. The van der Waals surface area contributed by atoms with Crippen LogP contribution < -0.4 is 4.74 Å². The molecule has 0 saturated carbocycles. The largest absolute Gasteiger partial charge is 0.508 e. The van der Waals surface area contributed by atoms with Gasteiger partial charge in [-0.25, -0.2) is 0 Å². The molecule has 1 N–H and O–H groups in total. The fraction of sp³-hybridized carbons (Fsp3) is 0.667. The average molecular weight is 278 g/mol. The van der Waals surface area contributed by atoms with E-state index in [0.717, 1.165) is 30.6 Å². The van der Waals surface area contributed by atoms with Gasteiger partial charge in [-0.05, 0) is 36.8 Å². The van der Waals surface area contributed by atoms with Gasteiger partial charge in [-0.15, -0.1) is 0 Å². The second kappa shape index (κ2) is 9.68. The van der Waals surface area contributed by atoms with Crippen molar-refractivity contribution in [1.82, 2.24) is 0 Å². The first-order valence-electron chi connectivity index (χ1n) is 8.08. The minimum absolute atomic E-state index is 0.377. The molecule has 0 radical (unpaired) electrons. The maximum Gasteiger partial charge on any atom is 0.122 e. The van der Waals surface area contributed by atoms with Crippen LogP contribution in [0.1, 0.15) is 64.9 Å². The monoisotopic (exact) mass is 278 g/mol. The lowest BCUT2D eigenvalue weighted by atomic mass is 10.0. The molecule has 0 heterocycles. The van der Waals surface area contributed by atoms with Crippen LogP contribution in [-0.2, 0) is 6.42 Å². The first-order chi connectivity index (χ1) is 9.63. The first-order valence-corrected chi connectivity index (χ1v) is 8.08. The van der Waals surface area contributed by atoms with E-state index in [0.29, 0.717) is 18.3 Å². The Kier molecular flexibility index (Phi) is 8.17. The maximum absolute atomic E-state index is 10.0. The molecule has 1 aromatic carbocycles. The zero-order chi connectivity index (χ0) is 14.8. The minimum Gasteiger partial charge on any atom is -0.508 e. The van der Waals surface area contributed by atoms with E-state index >= 15 is 0 Å². The Morgan fingerprint density at radius 2 is 1.85 bits per heavy atom. The van der Waals surface area contributed by atoms with Crippen molar-refractivity contribution in [2.24, 2.45) is 5.92 Å². The van der Waals surface area contributed by atoms with Crippen LogP contribution in [0.25, 0.3) is 0 Å². The van der Waals surface area contributed by atoms with Gasteiger partial charge < -0.3 is 9.84 Å². The SMILES string of the molecule is CCCCCCCc1ccc(OCCC(C)C)cc1O. The quantitative estimate of drug-likeness (QED) is 0.586. The molecule has 1 rings (SSSR count). The lowest BCUT2D eigenvalue weighted by Crippen LogP contribution is -2.01. The summed E-state index contributed by atoms with van der Waals surface area (Å²) in [5.74, 6) is 1.80. The summed E-state index contributed by atoms with van der Waals surface area (Å²) in [7, 11) is 0. The molecule has 0 aromatic heterocycles. The molecule has 0 fully saturated rings. The third kappa shape index (κ3) is 6.83. The fourth-order valence-corrected chi connectivity index (χ4v) is 2.18. The van der Waals surface area contributed by atoms with Crippen LogP contribution in [0.15, 0.2) is 18.2 Å². The molecule has 0 bridgehead atoms. The molecule has 0 saturated heterocycles. The highest BCUT2D eigenvalue weighted by Crippen LogP contribution is 2.25.